The number of nitrogens with zero attached hydrogens (tertiary/aromatic N) is 4. The van der Waals surface area contributed by atoms with Crippen LogP contribution in [0.1, 0.15) is 5.56 Å². The van der Waals surface area contributed by atoms with Crippen LogP contribution in [-0.4, -0.2) is 29.0 Å². The topological polar surface area (TPSA) is 77.2 Å². The van der Waals surface area contributed by atoms with Crippen LogP contribution in [0.5, 0.6) is 11.8 Å². The van der Waals surface area contributed by atoms with Gasteiger partial charge < -0.3 is 15.4 Å². The highest BCUT2D eigenvalue weighted by Gasteiger charge is 2.08. The Balaban J connectivity index is 2.29. The van der Waals surface area contributed by atoms with Crippen molar-refractivity contribution in [1.29, 1.82) is 0 Å². The first kappa shape index (κ1) is 12.1. The largest absolute Gasteiger partial charge is 0.424 e. The Hall–Kier alpha value is -2.37. The first-order chi connectivity index (χ1) is 8.54. The number of aryl methyl sites for hydroxylation is 1. The molecular formula is C12H15N5O. The number of aromatic nitrogens is 3. The smallest absolute Gasteiger partial charge is 0.328 e. The summed E-state index contributed by atoms with van der Waals surface area (Å²) in [7, 11) is 3.65. The summed E-state index contributed by atoms with van der Waals surface area (Å²) in [6, 6.07) is 7.82. The maximum absolute atomic E-state index is 5.61. The lowest BCUT2D eigenvalue weighted by atomic mass is 10.2. The SMILES string of the molecule is Cc1cccc(Oc2nc(N)nc(N(C)C)n2)c1. The number of anilines is 2. The number of ether oxygens (including phenoxy) is 1. The van der Waals surface area contributed by atoms with Gasteiger partial charge in [-0.1, -0.05) is 12.1 Å². The van der Waals surface area contributed by atoms with E-state index < -0.39 is 0 Å². The Labute approximate surface area is 105 Å². The molecule has 6 heteroatoms. The number of rotatable bonds is 3. The average Bonchev–Trinajstić information content (AvgIpc) is 2.28. The minimum Gasteiger partial charge on any atom is -0.424 e. The van der Waals surface area contributed by atoms with Gasteiger partial charge in [-0.25, -0.2) is 0 Å². The number of nitrogen functional groups attached to an aromatic ring is 1. The average molecular weight is 245 g/mol. The Morgan fingerprint density at radius 3 is 2.61 bits per heavy atom. The molecule has 0 aliphatic heterocycles. The highest BCUT2D eigenvalue weighted by atomic mass is 16.5. The van der Waals surface area contributed by atoms with Crippen molar-refractivity contribution in [2.75, 3.05) is 24.7 Å². The van der Waals surface area contributed by atoms with Crippen molar-refractivity contribution < 1.29 is 4.74 Å². The number of benzene rings is 1. The van der Waals surface area contributed by atoms with Crippen LogP contribution < -0.4 is 15.4 Å². The van der Waals surface area contributed by atoms with Crippen molar-refractivity contribution in [3.05, 3.63) is 29.8 Å². The molecule has 18 heavy (non-hydrogen) atoms. The van der Waals surface area contributed by atoms with Gasteiger partial charge in [0.25, 0.3) is 0 Å². The predicted molar refractivity (Wildman–Crippen MR) is 69.8 cm³/mol. The zero-order chi connectivity index (χ0) is 13.1. The summed E-state index contributed by atoms with van der Waals surface area (Å²) in [6.45, 7) is 1.99. The first-order valence-corrected chi connectivity index (χ1v) is 5.48. The van der Waals surface area contributed by atoms with E-state index in [9.17, 15) is 0 Å². The Morgan fingerprint density at radius 2 is 1.94 bits per heavy atom. The van der Waals surface area contributed by atoms with E-state index in [-0.39, 0.29) is 12.0 Å². The van der Waals surface area contributed by atoms with Gasteiger partial charge in [0.15, 0.2) is 0 Å². The molecule has 6 nitrogen and oxygen atoms in total. The summed E-state index contributed by atoms with van der Waals surface area (Å²) in [4.78, 5) is 13.8. The van der Waals surface area contributed by atoms with Gasteiger partial charge in [0, 0.05) is 14.1 Å². The van der Waals surface area contributed by atoms with Crippen LogP contribution in [0, 0.1) is 6.92 Å². The molecule has 0 bridgehead atoms. The Bertz CT molecular complexity index is 556. The summed E-state index contributed by atoms with van der Waals surface area (Å²) in [6.07, 6.45) is 0. The molecule has 0 aliphatic carbocycles. The van der Waals surface area contributed by atoms with Crippen molar-refractivity contribution in [2.24, 2.45) is 0 Å². The molecule has 2 aromatic rings. The van der Waals surface area contributed by atoms with E-state index >= 15 is 0 Å². The summed E-state index contributed by atoms with van der Waals surface area (Å²) in [5.41, 5.74) is 6.71. The molecule has 0 radical (unpaired) electrons. The molecule has 0 fully saturated rings. The van der Waals surface area contributed by atoms with E-state index in [2.05, 4.69) is 15.0 Å². The lowest BCUT2D eigenvalue weighted by molar-refractivity contribution is 0.440. The molecule has 1 aromatic heterocycles. The molecular weight excluding hydrogens is 230 g/mol. The van der Waals surface area contributed by atoms with Crippen LogP contribution in [0.4, 0.5) is 11.9 Å². The minimum absolute atomic E-state index is 0.136. The van der Waals surface area contributed by atoms with Crippen LogP contribution in [0.15, 0.2) is 24.3 Å². The van der Waals surface area contributed by atoms with E-state index in [0.29, 0.717) is 11.7 Å². The molecule has 94 valence electrons. The van der Waals surface area contributed by atoms with E-state index in [1.54, 1.807) is 4.90 Å². The standard InChI is InChI=1S/C12H15N5O/c1-8-5-4-6-9(7-8)18-12-15-10(13)14-11(16-12)17(2)3/h4-7H,1-3H3,(H2,13,14,15,16). The van der Waals surface area contributed by atoms with E-state index in [4.69, 9.17) is 10.5 Å². The predicted octanol–water partition coefficient (Wildman–Crippen LogP) is 1.62. The molecule has 2 N–H and O–H groups in total. The van der Waals surface area contributed by atoms with Gasteiger partial charge in [-0.05, 0) is 24.6 Å². The fourth-order valence-electron chi connectivity index (χ4n) is 1.39. The maximum atomic E-state index is 5.61. The zero-order valence-corrected chi connectivity index (χ0v) is 10.6. The third kappa shape index (κ3) is 2.85. The molecule has 1 heterocycles. The molecule has 0 amide bonds. The van der Waals surface area contributed by atoms with Crippen LogP contribution in [0.3, 0.4) is 0 Å². The fraction of sp³-hybridized carbons (Fsp3) is 0.250. The van der Waals surface area contributed by atoms with Crippen molar-refractivity contribution >= 4 is 11.9 Å². The second kappa shape index (κ2) is 4.87. The Kier molecular flexibility index (Phi) is 3.27. The van der Waals surface area contributed by atoms with Gasteiger partial charge >= 0.3 is 6.01 Å². The third-order valence-electron chi connectivity index (χ3n) is 2.22. The highest BCUT2D eigenvalue weighted by molar-refractivity contribution is 5.36. The number of nitrogens with two attached hydrogens (primary N) is 1. The van der Waals surface area contributed by atoms with Gasteiger partial charge in [0.1, 0.15) is 5.75 Å². The lowest BCUT2D eigenvalue weighted by Crippen LogP contribution is -2.15. The molecule has 0 unspecified atom stereocenters. The van der Waals surface area contributed by atoms with Gasteiger partial charge in [0.05, 0.1) is 0 Å². The molecule has 0 atom stereocenters. The number of hydrogen-bond acceptors (Lipinski definition) is 6. The monoisotopic (exact) mass is 245 g/mol. The van der Waals surface area contributed by atoms with E-state index in [1.807, 2.05) is 45.3 Å². The van der Waals surface area contributed by atoms with Crippen molar-refractivity contribution in [3.63, 3.8) is 0 Å². The van der Waals surface area contributed by atoms with Crippen LogP contribution >= 0.6 is 0 Å². The van der Waals surface area contributed by atoms with E-state index in [0.717, 1.165) is 5.56 Å². The molecule has 1 aromatic carbocycles. The molecule has 0 saturated heterocycles. The lowest BCUT2D eigenvalue weighted by Gasteiger charge is -2.11. The molecule has 0 spiro atoms. The van der Waals surface area contributed by atoms with Crippen molar-refractivity contribution in [2.45, 2.75) is 6.92 Å². The van der Waals surface area contributed by atoms with Crippen LogP contribution in [0.2, 0.25) is 0 Å². The van der Waals surface area contributed by atoms with Crippen LogP contribution in [-0.2, 0) is 0 Å². The summed E-state index contributed by atoms with van der Waals surface area (Å²) in [5, 5.41) is 0. The molecule has 2 rings (SSSR count). The van der Waals surface area contributed by atoms with Gasteiger partial charge in [-0.3, -0.25) is 0 Å². The minimum atomic E-state index is 0.136. The summed E-state index contributed by atoms with van der Waals surface area (Å²) >= 11 is 0. The summed E-state index contributed by atoms with van der Waals surface area (Å²) < 4.78 is 5.56. The number of hydrogen-bond donors (Lipinski definition) is 1. The summed E-state index contributed by atoms with van der Waals surface area (Å²) in [5.74, 6) is 1.27. The highest BCUT2D eigenvalue weighted by Crippen LogP contribution is 2.20. The quantitative estimate of drug-likeness (QED) is 0.885. The van der Waals surface area contributed by atoms with Gasteiger partial charge in [-0.2, -0.15) is 15.0 Å². The second-order valence-corrected chi connectivity index (χ2v) is 4.09. The normalized spacial score (nSPS) is 10.2. The van der Waals surface area contributed by atoms with Crippen molar-refractivity contribution in [3.8, 4) is 11.8 Å². The van der Waals surface area contributed by atoms with Gasteiger partial charge in [0.2, 0.25) is 11.9 Å². The first-order valence-electron chi connectivity index (χ1n) is 5.48. The second-order valence-electron chi connectivity index (χ2n) is 4.09. The third-order valence-corrected chi connectivity index (χ3v) is 2.22. The zero-order valence-electron chi connectivity index (χ0n) is 10.6. The molecule has 0 saturated carbocycles. The van der Waals surface area contributed by atoms with Crippen molar-refractivity contribution in [1.82, 2.24) is 15.0 Å². The van der Waals surface area contributed by atoms with Gasteiger partial charge in [-0.15, -0.1) is 0 Å². The van der Waals surface area contributed by atoms with Crippen LogP contribution in [0.25, 0.3) is 0 Å². The van der Waals surface area contributed by atoms with E-state index in [1.165, 1.54) is 0 Å². The maximum Gasteiger partial charge on any atom is 0.328 e. The molecule has 0 aliphatic rings. The fourth-order valence-corrected chi connectivity index (χ4v) is 1.39. The Morgan fingerprint density at radius 1 is 1.17 bits per heavy atom.